The van der Waals surface area contributed by atoms with Gasteiger partial charge in [-0.3, -0.25) is 0 Å². The van der Waals surface area contributed by atoms with Crippen molar-refractivity contribution in [1.82, 2.24) is 0 Å². The van der Waals surface area contributed by atoms with Gasteiger partial charge in [0.05, 0.1) is 0 Å². The van der Waals surface area contributed by atoms with Gasteiger partial charge in [-0.15, -0.1) is 0 Å². The Kier molecular flexibility index (Phi) is 14.9. The van der Waals surface area contributed by atoms with E-state index in [0.29, 0.717) is 6.10 Å². The third-order valence-corrected chi connectivity index (χ3v) is 3.73. The molecular weight excluding hydrogens is 232 g/mol. The number of ether oxygens (including phenoxy) is 1. The van der Waals surface area contributed by atoms with E-state index >= 15 is 0 Å². The van der Waals surface area contributed by atoms with Crippen LogP contribution in [-0.4, -0.2) is 6.10 Å². The molecule has 0 radical (unpaired) electrons. The maximum atomic E-state index is 5.29. The van der Waals surface area contributed by atoms with Crippen LogP contribution in [0.15, 0.2) is 0 Å². The molecule has 0 amide bonds. The minimum Gasteiger partial charge on any atom is -0.443 e. The van der Waals surface area contributed by atoms with E-state index in [1.807, 2.05) is 0 Å². The molecule has 0 aliphatic heterocycles. The summed E-state index contributed by atoms with van der Waals surface area (Å²) in [5.41, 5.74) is 0. The van der Waals surface area contributed by atoms with E-state index in [1.54, 1.807) is 0 Å². The van der Waals surface area contributed by atoms with Crippen LogP contribution in [-0.2, 0) is 4.74 Å². The molecule has 0 rings (SSSR count). The highest BCUT2D eigenvalue weighted by Gasteiger charge is 2.06. The topological polar surface area (TPSA) is 9.23 Å². The second-order valence-electron chi connectivity index (χ2n) is 5.62. The van der Waals surface area contributed by atoms with Crippen LogP contribution in [0, 0.1) is 12.5 Å². The van der Waals surface area contributed by atoms with Crippen molar-refractivity contribution in [1.29, 1.82) is 0 Å². The molecule has 0 aliphatic rings. The van der Waals surface area contributed by atoms with Crippen LogP contribution in [0.3, 0.4) is 0 Å². The van der Waals surface area contributed by atoms with Gasteiger partial charge in [-0.05, 0) is 19.3 Å². The maximum Gasteiger partial charge on any atom is 0.110 e. The standard InChI is InChI=1S/C18H34O/c1-4-7-8-9-10-11-12-13-14-15-17-18(16-5-2)19-6-3/h3,18H,4-5,7-17H2,1-2H3. The monoisotopic (exact) mass is 266 g/mol. The van der Waals surface area contributed by atoms with E-state index in [2.05, 4.69) is 20.0 Å². The van der Waals surface area contributed by atoms with Crippen molar-refractivity contribution in [2.45, 2.75) is 103 Å². The molecule has 19 heavy (non-hydrogen) atoms. The lowest BCUT2D eigenvalue weighted by Crippen LogP contribution is -2.09. The van der Waals surface area contributed by atoms with Crippen LogP contribution in [0.2, 0.25) is 0 Å². The van der Waals surface area contributed by atoms with Gasteiger partial charge in [0.25, 0.3) is 0 Å². The summed E-state index contributed by atoms with van der Waals surface area (Å²) in [6.45, 7) is 4.46. The zero-order chi connectivity index (χ0) is 14.2. The molecule has 0 fully saturated rings. The summed E-state index contributed by atoms with van der Waals surface area (Å²) >= 11 is 0. The van der Waals surface area contributed by atoms with Crippen molar-refractivity contribution in [3.63, 3.8) is 0 Å². The number of terminal acetylenes is 1. The first-order valence-corrected chi connectivity index (χ1v) is 8.46. The first kappa shape index (κ1) is 18.4. The molecule has 0 aliphatic carbocycles. The van der Waals surface area contributed by atoms with Crippen LogP contribution in [0.25, 0.3) is 0 Å². The predicted octanol–water partition coefficient (Wildman–Crippen LogP) is 6.07. The van der Waals surface area contributed by atoms with Crippen LogP contribution < -0.4 is 0 Å². The molecule has 0 heterocycles. The summed E-state index contributed by atoms with van der Waals surface area (Å²) in [5, 5.41) is 0. The van der Waals surface area contributed by atoms with Gasteiger partial charge in [0, 0.05) is 0 Å². The Morgan fingerprint density at radius 2 is 1.26 bits per heavy atom. The van der Waals surface area contributed by atoms with E-state index < -0.39 is 0 Å². The Labute approximate surface area is 121 Å². The summed E-state index contributed by atoms with van der Waals surface area (Å²) in [6.07, 6.45) is 25.1. The zero-order valence-electron chi connectivity index (χ0n) is 13.3. The highest BCUT2D eigenvalue weighted by molar-refractivity contribution is 4.73. The lowest BCUT2D eigenvalue weighted by molar-refractivity contribution is 0.143. The van der Waals surface area contributed by atoms with Gasteiger partial charge in [0.15, 0.2) is 0 Å². The molecule has 1 nitrogen and oxygen atoms in total. The minimum atomic E-state index is 0.295. The fraction of sp³-hybridized carbons (Fsp3) is 0.889. The van der Waals surface area contributed by atoms with Crippen LogP contribution in [0.5, 0.6) is 0 Å². The van der Waals surface area contributed by atoms with Gasteiger partial charge in [-0.1, -0.05) is 84.5 Å². The third kappa shape index (κ3) is 13.6. The first-order chi connectivity index (χ1) is 9.35. The Morgan fingerprint density at radius 1 is 0.737 bits per heavy atom. The molecule has 0 saturated heterocycles. The number of hydrogen-bond donors (Lipinski definition) is 0. The molecular formula is C18H34O. The SMILES string of the molecule is C#COC(CCC)CCCCCCCCCCCC. The molecule has 1 unspecified atom stereocenters. The smallest absolute Gasteiger partial charge is 0.110 e. The second kappa shape index (κ2) is 15.4. The summed E-state index contributed by atoms with van der Waals surface area (Å²) < 4.78 is 5.29. The second-order valence-corrected chi connectivity index (χ2v) is 5.62. The normalized spacial score (nSPS) is 12.1. The summed E-state index contributed by atoms with van der Waals surface area (Å²) in [5.74, 6) is 0. The molecule has 0 spiro atoms. The molecule has 112 valence electrons. The van der Waals surface area contributed by atoms with E-state index in [1.165, 1.54) is 64.2 Å². The van der Waals surface area contributed by atoms with Crippen LogP contribution in [0.1, 0.15) is 97.3 Å². The molecule has 1 atom stereocenters. The number of unbranched alkanes of at least 4 members (excludes halogenated alkanes) is 9. The fourth-order valence-electron chi connectivity index (χ4n) is 2.54. The molecule has 1 heteroatoms. The Hall–Kier alpha value is -0.640. The molecule has 0 aromatic heterocycles. The van der Waals surface area contributed by atoms with E-state index in [4.69, 9.17) is 11.2 Å². The van der Waals surface area contributed by atoms with Crippen molar-refractivity contribution in [3.8, 4) is 12.5 Å². The fourth-order valence-corrected chi connectivity index (χ4v) is 2.54. The molecule has 0 N–H and O–H groups in total. The first-order valence-electron chi connectivity index (χ1n) is 8.46. The summed E-state index contributed by atoms with van der Waals surface area (Å²) in [6, 6.07) is 0. The van der Waals surface area contributed by atoms with Crippen molar-refractivity contribution in [2.24, 2.45) is 0 Å². The number of hydrogen-bond acceptors (Lipinski definition) is 1. The highest BCUT2D eigenvalue weighted by Crippen LogP contribution is 2.14. The van der Waals surface area contributed by atoms with Gasteiger partial charge >= 0.3 is 0 Å². The van der Waals surface area contributed by atoms with Crippen molar-refractivity contribution < 1.29 is 4.74 Å². The van der Waals surface area contributed by atoms with Crippen molar-refractivity contribution in [3.05, 3.63) is 0 Å². The average Bonchev–Trinajstić information content (AvgIpc) is 2.41. The van der Waals surface area contributed by atoms with Gasteiger partial charge in [-0.2, -0.15) is 0 Å². The van der Waals surface area contributed by atoms with Crippen molar-refractivity contribution >= 4 is 0 Å². The predicted molar refractivity (Wildman–Crippen MR) is 85.1 cm³/mol. The molecule has 0 aromatic rings. The largest absolute Gasteiger partial charge is 0.443 e. The Bertz CT molecular complexity index is 204. The average molecular weight is 266 g/mol. The van der Waals surface area contributed by atoms with Gasteiger partial charge < -0.3 is 4.74 Å². The van der Waals surface area contributed by atoms with Crippen LogP contribution in [0.4, 0.5) is 0 Å². The summed E-state index contributed by atoms with van der Waals surface area (Å²) in [7, 11) is 0. The molecule has 0 aromatic carbocycles. The van der Waals surface area contributed by atoms with Gasteiger partial charge in [-0.25, -0.2) is 0 Å². The lowest BCUT2D eigenvalue weighted by Gasteiger charge is -2.13. The number of rotatable bonds is 14. The van der Waals surface area contributed by atoms with E-state index in [-0.39, 0.29) is 0 Å². The minimum absolute atomic E-state index is 0.295. The third-order valence-electron chi connectivity index (χ3n) is 3.73. The van der Waals surface area contributed by atoms with E-state index in [9.17, 15) is 0 Å². The van der Waals surface area contributed by atoms with Crippen LogP contribution >= 0.6 is 0 Å². The summed E-state index contributed by atoms with van der Waals surface area (Å²) in [4.78, 5) is 0. The van der Waals surface area contributed by atoms with Crippen molar-refractivity contribution in [2.75, 3.05) is 0 Å². The molecule has 0 saturated carbocycles. The van der Waals surface area contributed by atoms with E-state index in [0.717, 1.165) is 19.3 Å². The Morgan fingerprint density at radius 3 is 1.74 bits per heavy atom. The maximum absolute atomic E-state index is 5.29. The lowest BCUT2D eigenvalue weighted by atomic mass is 10.0. The zero-order valence-corrected chi connectivity index (χ0v) is 13.3. The molecule has 0 bridgehead atoms. The van der Waals surface area contributed by atoms with Gasteiger partial charge in [0.2, 0.25) is 0 Å². The van der Waals surface area contributed by atoms with Gasteiger partial charge in [0.1, 0.15) is 12.2 Å². The quantitative estimate of drug-likeness (QED) is 0.274. The highest BCUT2D eigenvalue weighted by atomic mass is 16.5. The Balaban J connectivity index is 3.22.